The number of hydrogen-bond acceptors (Lipinski definition) is 3. The third kappa shape index (κ3) is 3.72. The lowest BCUT2D eigenvalue weighted by Gasteiger charge is -2.32. The summed E-state index contributed by atoms with van der Waals surface area (Å²) in [6, 6.07) is 0.275. The Morgan fingerprint density at radius 2 is 1.75 bits per heavy atom. The van der Waals surface area contributed by atoms with Crippen LogP contribution < -0.4 is 5.32 Å². The molecule has 2 aliphatic rings. The molecule has 1 N–H and O–H groups in total. The first-order valence-corrected chi connectivity index (χ1v) is 7.83. The Bertz CT molecular complexity index is 347. The standard InChI is InChI=1S/C15H27N3O2/c1-17(15(20)13-9-6-10-16-13)11-14(19)18(2)12-7-4-3-5-8-12/h12-13,16H,3-11H2,1-2H3/t13-/m1/s1. The normalized spacial score (nSPS) is 23.6. The maximum atomic E-state index is 12.3. The molecule has 1 saturated heterocycles. The summed E-state index contributed by atoms with van der Waals surface area (Å²) in [7, 11) is 3.61. The molecule has 2 rings (SSSR count). The Morgan fingerprint density at radius 3 is 2.35 bits per heavy atom. The predicted octanol–water partition coefficient (Wildman–Crippen LogP) is 0.988. The van der Waals surface area contributed by atoms with Gasteiger partial charge in [0.15, 0.2) is 0 Å². The van der Waals surface area contributed by atoms with Gasteiger partial charge in [0.05, 0.1) is 12.6 Å². The Labute approximate surface area is 121 Å². The van der Waals surface area contributed by atoms with Crippen molar-refractivity contribution < 1.29 is 9.59 Å². The van der Waals surface area contributed by atoms with Crippen LogP contribution in [0, 0.1) is 0 Å². The van der Waals surface area contributed by atoms with E-state index in [0.29, 0.717) is 6.04 Å². The minimum absolute atomic E-state index is 0.0490. The lowest BCUT2D eigenvalue weighted by atomic mass is 9.94. The van der Waals surface area contributed by atoms with Crippen molar-refractivity contribution in [2.45, 2.75) is 57.0 Å². The highest BCUT2D eigenvalue weighted by Crippen LogP contribution is 2.21. The van der Waals surface area contributed by atoms with Crippen molar-refractivity contribution in [1.82, 2.24) is 15.1 Å². The fourth-order valence-electron chi connectivity index (χ4n) is 3.23. The molecule has 20 heavy (non-hydrogen) atoms. The second-order valence-corrected chi connectivity index (χ2v) is 6.14. The smallest absolute Gasteiger partial charge is 0.242 e. The molecular formula is C15H27N3O2. The zero-order chi connectivity index (χ0) is 14.5. The second kappa shape index (κ2) is 7.07. The van der Waals surface area contributed by atoms with E-state index in [2.05, 4.69) is 5.32 Å². The van der Waals surface area contributed by atoms with E-state index in [1.165, 1.54) is 19.3 Å². The van der Waals surface area contributed by atoms with Crippen LogP contribution in [0.1, 0.15) is 44.9 Å². The molecule has 5 nitrogen and oxygen atoms in total. The molecule has 0 aromatic carbocycles. The molecule has 1 atom stereocenters. The van der Waals surface area contributed by atoms with Gasteiger partial charge in [-0.25, -0.2) is 0 Å². The predicted molar refractivity (Wildman–Crippen MR) is 78.3 cm³/mol. The Kier molecular flexibility index (Phi) is 5.40. The SMILES string of the molecule is CN(CC(=O)N(C)C1CCCCC1)C(=O)[C@H]1CCCN1. The number of hydrogen-bond donors (Lipinski definition) is 1. The van der Waals surface area contributed by atoms with Crippen molar-refractivity contribution >= 4 is 11.8 Å². The number of rotatable bonds is 4. The highest BCUT2D eigenvalue weighted by molar-refractivity contribution is 5.87. The van der Waals surface area contributed by atoms with E-state index >= 15 is 0 Å². The molecular weight excluding hydrogens is 254 g/mol. The summed E-state index contributed by atoms with van der Waals surface area (Å²) in [5.41, 5.74) is 0. The van der Waals surface area contributed by atoms with Gasteiger partial charge in [-0.3, -0.25) is 9.59 Å². The van der Waals surface area contributed by atoms with E-state index in [1.54, 1.807) is 11.9 Å². The van der Waals surface area contributed by atoms with E-state index in [-0.39, 0.29) is 24.4 Å². The summed E-state index contributed by atoms with van der Waals surface area (Å²) in [5.74, 6) is 0.110. The van der Waals surface area contributed by atoms with Crippen LogP contribution in [0.15, 0.2) is 0 Å². The number of nitrogens with one attached hydrogen (secondary N) is 1. The maximum Gasteiger partial charge on any atom is 0.242 e. The average Bonchev–Trinajstić information content (AvgIpc) is 3.00. The molecule has 1 aliphatic heterocycles. The lowest BCUT2D eigenvalue weighted by molar-refractivity contribution is -0.141. The Hall–Kier alpha value is -1.10. The zero-order valence-corrected chi connectivity index (χ0v) is 12.7. The molecule has 2 fully saturated rings. The number of carbonyl (C=O) groups is 2. The Balaban J connectivity index is 1.81. The molecule has 0 aromatic heterocycles. The molecule has 114 valence electrons. The van der Waals surface area contributed by atoms with E-state index in [9.17, 15) is 9.59 Å². The summed E-state index contributed by atoms with van der Waals surface area (Å²) in [4.78, 5) is 27.9. The minimum Gasteiger partial charge on any atom is -0.341 e. The zero-order valence-electron chi connectivity index (χ0n) is 12.7. The molecule has 1 aliphatic carbocycles. The van der Waals surface area contributed by atoms with Crippen molar-refractivity contribution in [3.05, 3.63) is 0 Å². The molecule has 1 heterocycles. The number of likely N-dealkylation sites (N-methyl/N-ethyl adjacent to an activating group) is 2. The summed E-state index contributed by atoms with van der Waals surface area (Å²) in [5, 5.41) is 3.19. The third-order valence-corrected chi connectivity index (χ3v) is 4.62. The molecule has 5 heteroatoms. The topological polar surface area (TPSA) is 52.7 Å². The molecule has 2 amide bonds. The largest absolute Gasteiger partial charge is 0.341 e. The summed E-state index contributed by atoms with van der Waals surface area (Å²) in [6.45, 7) is 1.10. The van der Waals surface area contributed by atoms with Crippen LogP contribution >= 0.6 is 0 Å². The molecule has 0 bridgehead atoms. The van der Waals surface area contributed by atoms with Crippen LogP contribution in [0.3, 0.4) is 0 Å². The molecule has 0 radical (unpaired) electrons. The first kappa shape index (κ1) is 15.3. The minimum atomic E-state index is -0.0900. The second-order valence-electron chi connectivity index (χ2n) is 6.14. The van der Waals surface area contributed by atoms with Gasteiger partial charge in [0.2, 0.25) is 11.8 Å². The number of nitrogens with zero attached hydrogens (tertiary/aromatic N) is 2. The van der Waals surface area contributed by atoms with Crippen LogP contribution in [0.5, 0.6) is 0 Å². The third-order valence-electron chi connectivity index (χ3n) is 4.62. The molecule has 0 unspecified atom stereocenters. The monoisotopic (exact) mass is 281 g/mol. The van der Waals surface area contributed by atoms with E-state index in [1.807, 2.05) is 11.9 Å². The maximum absolute atomic E-state index is 12.3. The van der Waals surface area contributed by atoms with E-state index in [4.69, 9.17) is 0 Å². The summed E-state index contributed by atoms with van der Waals surface area (Å²) >= 11 is 0. The van der Waals surface area contributed by atoms with Gasteiger partial charge >= 0.3 is 0 Å². The highest BCUT2D eigenvalue weighted by Gasteiger charge is 2.28. The van der Waals surface area contributed by atoms with Crippen LogP contribution in [-0.2, 0) is 9.59 Å². The highest BCUT2D eigenvalue weighted by atomic mass is 16.2. The fourth-order valence-corrected chi connectivity index (χ4v) is 3.23. The van der Waals surface area contributed by atoms with Crippen molar-refractivity contribution in [2.75, 3.05) is 27.2 Å². The molecule has 0 aromatic rings. The first-order chi connectivity index (χ1) is 9.59. The first-order valence-electron chi connectivity index (χ1n) is 7.83. The fraction of sp³-hybridized carbons (Fsp3) is 0.867. The van der Waals surface area contributed by atoms with Crippen molar-refractivity contribution in [1.29, 1.82) is 0 Å². The quantitative estimate of drug-likeness (QED) is 0.836. The Morgan fingerprint density at radius 1 is 1.05 bits per heavy atom. The van der Waals surface area contributed by atoms with Crippen molar-refractivity contribution in [3.8, 4) is 0 Å². The summed E-state index contributed by atoms with van der Waals surface area (Å²) in [6.07, 6.45) is 7.83. The average molecular weight is 281 g/mol. The summed E-state index contributed by atoms with van der Waals surface area (Å²) < 4.78 is 0. The van der Waals surface area contributed by atoms with Gasteiger partial charge in [-0.2, -0.15) is 0 Å². The number of amides is 2. The van der Waals surface area contributed by atoms with Gasteiger partial charge in [0, 0.05) is 20.1 Å². The van der Waals surface area contributed by atoms with Crippen LogP contribution in [0.25, 0.3) is 0 Å². The van der Waals surface area contributed by atoms with Crippen LogP contribution in [0.2, 0.25) is 0 Å². The molecule has 1 saturated carbocycles. The van der Waals surface area contributed by atoms with Crippen molar-refractivity contribution in [3.63, 3.8) is 0 Å². The number of carbonyl (C=O) groups excluding carboxylic acids is 2. The van der Waals surface area contributed by atoms with Crippen LogP contribution in [0.4, 0.5) is 0 Å². The van der Waals surface area contributed by atoms with Gasteiger partial charge in [-0.05, 0) is 32.2 Å². The van der Waals surface area contributed by atoms with E-state index < -0.39 is 0 Å². The van der Waals surface area contributed by atoms with Gasteiger partial charge in [0.1, 0.15) is 0 Å². The van der Waals surface area contributed by atoms with Gasteiger partial charge < -0.3 is 15.1 Å². The van der Waals surface area contributed by atoms with Crippen LogP contribution in [-0.4, -0.2) is 60.9 Å². The van der Waals surface area contributed by atoms with Gasteiger partial charge in [-0.15, -0.1) is 0 Å². The van der Waals surface area contributed by atoms with Crippen molar-refractivity contribution in [2.24, 2.45) is 0 Å². The van der Waals surface area contributed by atoms with Gasteiger partial charge in [-0.1, -0.05) is 19.3 Å². The van der Waals surface area contributed by atoms with Gasteiger partial charge in [0.25, 0.3) is 0 Å². The van der Waals surface area contributed by atoms with E-state index in [0.717, 1.165) is 32.2 Å². The lowest BCUT2D eigenvalue weighted by Crippen LogP contribution is -2.48. The molecule has 0 spiro atoms.